The molecule has 1 amide bonds. The van der Waals surface area contributed by atoms with Crippen LogP contribution in [-0.2, 0) is 17.8 Å². The van der Waals surface area contributed by atoms with Crippen LogP contribution in [0.1, 0.15) is 30.0 Å². The molecule has 0 bridgehead atoms. The van der Waals surface area contributed by atoms with E-state index in [2.05, 4.69) is 27.9 Å². The minimum atomic E-state index is -0.423. The quantitative estimate of drug-likeness (QED) is 0.129. The first-order chi connectivity index (χ1) is 17.0. The molecule has 1 N–H and O–H groups in total. The molecule has 0 aromatic heterocycles. The van der Waals surface area contributed by atoms with E-state index in [0.29, 0.717) is 35.8 Å². The molecule has 0 atom stereocenters. The molecule has 0 unspecified atom stereocenters. The van der Waals surface area contributed by atoms with Crippen molar-refractivity contribution in [2.45, 2.75) is 26.4 Å². The first-order valence-electron chi connectivity index (χ1n) is 11.3. The standard InChI is InChI=1S/C28H26FIN2O3/c1-2-34-26-17-21(16-25(30)27(26)35-19-22-12-6-7-13-24(22)29)15-23(18-31)28(33)32-14-8-11-20-9-4-3-5-10-20/h3-7,9-10,12-13,15-17H,2,8,11,14,19H2,1H3,(H,32,33)/b23-15-. The average Bonchev–Trinajstić information content (AvgIpc) is 2.86. The van der Waals surface area contributed by atoms with Crippen LogP contribution in [0.15, 0.2) is 72.3 Å². The van der Waals surface area contributed by atoms with Gasteiger partial charge in [-0.25, -0.2) is 4.39 Å². The average molecular weight is 584 g/mol. The van der Waals surface area contributed by atoms with Crippen molar-refractivity contribution < 1.29 is 18.7 Å². The summed E-state index contributed by atoms with van der Waals surface area (Å²) in [6, 6.07) is 21.9. The van der Waals surface area contributed by atoms with Crippen molar-refractivity contribution in [3.63, 3.8) is 0 Å². The van der Waals surface area contributed by atoms with Gasteiger partial charge in [0.2, 0.25) is 0 Å². The second-order valence-electron chi connectivity index (χ2n) is 7.66. The SMILES string of the molecule is CCOc1cc(/C=C(/C#N)C(=O)NCCCc2ccccc2)cc(I)c1OCc1ccccc1F. The van der Waals surface area contributed by atoms with Gasteiger partial charge < -0.3 is 14.8 Å². The first-order valence-corrected chi connectivity index (χ1v) is 12.4. The smallest absolute Gasteiger partial charge is 0.261 e. The van der Waals surface area contributed by atoms with E-state index < -0.39 is 5.91 Å². The number of hydrogen-bond donors (Lipinski definition) is 1. The van der Waals surface area contributed by atoms with E-state index in [4.69, 9.17) is 9.47 Å². The minimum absolute atomic E-state index is 0.00276. The number of aryl methyl sites for hydroxylation is 1. The van der Waals surface area contributed by atoms with Gasteiger partial charge in [0.25, 0.3) is 5.91 Å². The lowest BCUT2D eigenvalue weighted by Crippen LogP contribution is -2.25. The van der Waals surface area contributed by atoms with E-state index in [1.807, 2.05) is 43.3 Å². The van der Waals surface area contributed by atoms with Crippen molar-refractivity contribution in [1.29, 1.82) is 5.26 Å². The summed E-state index contributed by atoms with van der Waals surface area (Å²) in [5.74, 6) is 0.182. The number of nitrogens with one attached hydrogen (secondary N) is 1. The highest BCUT2D eigenvalue weighted by Gasteiger charge is 2.15. The Morgan fingerprint density at radius 3 is 2.57 bits per heavy atom. The van der Waals surface area contributed by atoms with Gasteiger partial charge in [0.05, 0.1) is 10.2 Å². The van der Waals surface area contributed by atoms with Crippen molar-refractivity contribution in [3.8, 4) is 17.6 Å². The Morgan fingerprint density at radius 2 is 1.86 bits per heavy atom. The zero-order chi connectivity index (χ0) is 25.0. The number of nitriles is 1. The summed E-state index contributed by atoms with van der Waals surface area (Å²) < 4.78 is 26.3. The summed E-state index contributed by atoms with van der Waals surface area (Å²) >= 11 is 2.10. The molecule has 0 aliphatic heterocycles. The molecule has 3 rings (SSSR count). The zero-order valence-corrected chi connectivity index (χ0v) is 21.5. The van der Waals surface area contributed by atoms with Gasteiger partial charge in [-0.1, -0.05) is 48.5 Å². The molecule has 5 nitrogen and oxygen atoms in total. The number of amides is 1. The van der Waals surface area contributed by atoms with E-state index in [1.54, 1.807) is 30.3 Å². The van der Waals surface area contributed by atoms with Crippen LogP contribution in [0.4, 0.5) is 4.39 Å². The number of carbonyl (C=O) groups is 1. The van der Waals surface area contributed by atoms with Gasteiger partial charge in [-0.15, -0.1) is 0 Å². The monoisotopic (exact) mass is 584 g/mol. The van der Waals surface area contributed by atoms with Crippen molar-refractivity contribution in [3.05, 3.63) is 98.4 Å². The number of hydrogen-bond acceptors (Lipinski definition) is 4. The summed E-state index contributed by atoms with van der Waals surface area (Å²) in [7, 11) is 0. The highest BCUT2D eigenvalue weighted by molar-refractivity contribution is 14.1. The molecule has 0 fully saturated rings. The van der Waals surface area contributed by atoms with Gasteiger partial charge in [-0.3, -0.25) is 4.79 Å². The molecular weight excluding hydrogens is 558 g/mol. The maximum atomic E-state index is 14.0. The van der Waals surface area contributed by atoms with E-state index in [0.717, 1.165) is 16.4 Å². The summed E-state index contributed by atoms with van der Waals surface area (Å²) in [6.07, 6.45) is 3.14. The first kappa shape index (κ1) is 26.2. The largest absolute Gasteiger partial charge is 0.490 e. The van der Waals surface area contributed by atoms with E-state index in [-0.39, 0.29) is 18.0 Å². The lowest BCUT2D eigenvalue weighted by Gasteiger charge is -2.15. The van der Waals surface area contributed by atoms with Crippen LogP contribution in [0.2, 0.25) is 0 Å². The van der Waals surface area contributed by atoms with Gasteiger partial charge in [-0.2, -0.15) is 5.26 Å². The van der Waals surface area contributed by atoms with Gasteiger partial charge >= 0.3 is 0 Å². The number of benzene rings is 3. The van der Waals surface area contributed by atoms with E-state index in [1.165, 1.54) is 17.7 Å². The van der Waals surface area contributed by atoms with Crippen molar-refractivity contribution >= 4 is 34.6 Å². The second-order valence-corrected chi connectivity index (χ2v) is 8.82. The fraction of sp³-hybridized carbons (Fsp3) is 0.214. The predicted octanol–water partition coefficient (Wildman–Crippen LogP) is 6.06. The van der Waals surface area contributed by atoms with Crippen LogP contribution >= 0.6 is 22.6 Å². The van der Waals surface area contributed by atoms with E-state index >= 15 is 0 Å². The second kappa shape index (κ2) is 13.5. The number of carbonyl (C=O) groups excluding carboxylic acids is 1. The Kier molecular flexibility index (Phi) is 10.1. The van der Waals surface area contributed by atoms with Crippen LogP contribution in [0.25, 0.3) is 6.08 Å². The Balaban J connectivity index is 1.69. The van der Waals surface area contributed by atoms with Gasteiger partial charge in [-0.05, 0) is 77.8 Å². The predicted molar refractivity (Wildman–Crippen MR) is 142 cm³/mol. The molecule has 3 aromatic rings. The van der Waals surface area contributed by atoms with Crippen LogP contribution in [0.5, 0.6) is 11.5 Å². The molecule has 0 saturated carbocycles. The van der Waals surface area contributed by atoms with Crippen molar-refractivity contribution in [2.24, 2.45) is 0 Å². The van der Waals surface area contributed by atoms with Crippen LogP contribution < -0.4 is 14.8 Å². The lowest BCUT2D eigenvalue weighted by molar-refractivity contribution is -0.117. The Labute approximate surface area is 218 Å². The van der Waals surface area contributed by atoms with E-state index in [9.17, 15) is 14.4 Å². The van der Waals surface area contributed by atoms with Crippen molar-refractivity contribution in [1.82, 2.24) is 5.32 Å². The zero-order valence-electron chi connectivity index (χ0n) is 19.4. The van der Waals surface area contributed by atoms with Gasteiger partial charge in [0.1, 0.15) is 24.1 Å². The molecule has 3 aromatic carbocycles. The topological polar surface area (TPSA) is 71.3 Å². The molecular formula is C28H26FIN2O3. The number of halogens is 2. The minimum Gasteiger partial charge on any atom is -0.490 e. The van der Waals surface area contributed by atoms with Crippen LogP contribution in [0, 0.1) is 20.7 Å². The van der Waals surface area contributed by atoms with Gasteiger partial charge in [0, 0.05) is 12.1 Å². The maximum Gasteiger partial charge on any atom is 0.261 e. The normalized spacial score (nSPS) is 11.0. The molecule has 0 radical (unpaired) electrons. The number of ether oxygens (including phenoxy) is 2. The Hall–Kier alpha value is -3.38. The maximum absolute atomic E-state index is 14.0. The third-order valence-corrected chi connectivity index (χ3v) is 5.91. The summed E-state index contributed by atoms with van der Waals surface area (Å²) in [6.45, 7) is 2.76. The Bertz CT molecular complexity index is 1220. The number of nitrogens with zero attached hydrogens (tertiary/aromatic N) is 1. The number of rotatable bonds is 11. The molecule has 0 spiro atoms. The summed E-state index contributed by atoms with van der Waals surface area (Å²) in [5, 5.41) is 12.4. The summed E-state index contributed by atoms with van der Waals surface area (Å²) in [4.78, 5) is 12.5. The molecule has 0 aliphatic carbocycles. The molecule has 180 valence electrons. The fourth-order valence-corrected chi connectivity index (χ4v) is 4.17. The van der Waals surface area contributed by atoms with Crippen LogP contribution in [-0.4, -0.2) is 19.1 Å². The molecule has 0 heterocycles. The Morgan fingerprint density at radius 1 is 1.11 bits per heavy atom. The summed E-state index contributed by atoms with van der Waals surface area (Å²) in [5.41, 5.74) is 2.27. The third kappa shape index (κ3) is 7.82. The van der Waals surface area contributed by atoms with Crippen molar-refractivity contribution in [2.75, 3.05) is 13.2 Å². The molecule has 35 heavy (non-hydrogen) atoms. The molecule has 7 heteroatoms. The molecule has 0 saturated heterocycles. The third-order valence-electron chi connectivity index (χ3n) is 5.11. The lowest BCUT2D eigenvalue weighted by atomic mass is 10.1. The van der Waals surface area contributed by atoms with Gasteiger partial charge in [0.15, 0.2) is 11.5 Å². The molecule has 0 aliphatic rings. The fourth-order valence-electron chi connectivity index (χ4n) is 3.39. The highest BCUT2D eigenvalue weighted by Crippen LogP contribution is 2.35. The highest BCUT2D eigenvalue weighted by atomic mass is 127. The van der Waals surface area contributed by atoms with Crippen LogP contribution in [0.3, 0.4) is 0 Å².